The Bertz CT molecular complexity index is 879. The lowest BCUT2D eigenvalue weighted by Gasteiger charge is -2.12. The first-order valence-corrected chi connectivity index (χ1v) is 10.0. The van der Waals surface area contributed by atoms with Crippen molar-refractivity contribution in [2.45, 2.75) is 31.6 Å². The second-order valence-corrected chi connectivity index (χ2v) is 7.86. The van der Waals surface area contributed by atoms with Gasteiger partial charge in [-0.1, -0.05) is 18.2 Å². The van der Waals surface area contributed by atoms with E-state index in [2.05, 4.69) is 10.0 Å². The highest BCUT2D eigenvalue weighted by molar-refractivity contribution is 7.92. The number of hydrogen-bond acceptors (Lipinski definition) is 4. The number of unbranched alkanes of at least 4 members (excludes halogenated alkanes) is 1. The van der Waals surface area contributed by atoms with E-state index in [1.54, 1.807) is 37.3 Å². The maximum atomic E-state index is 12.8. The molecule has 7 heteroatoms. The van der Waals surface area contributed by atoms with Crippen LogP contribution in [0, 0.1) is 13.8 Å². The quantitative estimate of drug-likeness (QED) is 0.617. The topological polar surface area (TPSA) is 101 Å². The lowest BCUT2D eigenvalue weighted by molar-refractivity contribution is 0.0953. The maximum Gasteiger partial charge on any atom is 0.262 e. The molecule has 6 nitrogen and oxygen atoms in total. The SMILES string of the molecule is Cc1cccc(NS(=O)(=O)c2cc(C(=O)NCCCCN)ccc2C)c1. The van der Waals surface area contributed by atoms with Gasteiger partial charge < -0.3 is 11.1 Å². The van der Waals surface area contributed by atoms with Crippen LogP contribution in [0.4, 0.5) is 5.69 Å². The molecule has 26 heavy (non-hydrogen) atoms. The third-order valence-electron chi connectivity index (χ3n) is 3.93. The molecule has 0 heterocycles. The zero-order valence-corrected chi connectivity index (χ0v) is 15.9. The van der Waals surface area contributed by atoms with E-state index in [0.717, 1.165) is 18.4 Å². The molecule has 0 saturated carbocycles. The van der Waals surface area contributed by atoms with Crippen molar-refractivity contribution in [1.82, 2.24) is 5.32 Å². The van der Waals surface area contributed by atoms with Crippen LogP contribution in [0.1, 0.15) is 34.3 Å². The number of nitrogens with one attached hydrogen (secondary N) is 2. The Morgan fingerprint density at radius 2 is 1.85 bits per heavy atom. The Hall–Kier alpha value is -2.38. The van der Waals surface area contributed by atoms with Crippen LogP contribution in [-0.2, 0) is 10.0 Å². The summed E-state index contributed by atoms with van der Waals surface area (Å²) in [6.07, 6.45) is 1.61. The van der Waals surface area contributed by atoms with E-state index >= 15 is 0 Å². The zero-order chi connectivity index (χ0) is 19.2. The number of benzene rings is 2. The fourth-order valence-corrected chi connectivity index (χ4v) is 3.84. The van der Waals surface area contributed by atoms with Crippen LogP contribution in [0.15, 0.2) is 47.4 Å². The van der Waals surface area contributed by atoms with Gasteiger partial charge in [-0.05, 0) is 68.6 Å². The van der Waals surface area contributed by atoms with Crippen LogP contribution < -0.4 is 15.8 Å². The Morgan fingerprint density at radius 3 is 2.54 bits per heavy atom. The molecule has 0 spiro atoms. The molecule has 4 N–H and O–H groups in total. The maximum absolute atomic E-state index is 12.8. The molecule has 2 aromatic carbocycles. The van der Waals surface area contributed by atoms with Gasteiger partial charge >= 0.3 is 0 Å². The standard InChI is InChI=1S/C19H25N3O3S/c1-14-6-5-7-17(12-14)22-26(24,25)18-13-16(9-8-15(18)2)19(23)21-11-4-3-10-20/h5-9,12-13,22H,3-4,10-11,20H2,1-2H3,(H,21,23). The van der Waals surface area contributed by atoms with Crippen molar-refractivity contribution < 1.29 is 13.2 Å². The molecule has 0 bridgehead atoms. The van der Waals surface area contributed by atoms with Crippen LogP contribution in [0.2, 0.25) is 0 Å². The molecular formula is C19H25N3O3S. The van der Waals surface area contributed by atoms with Crippen molar-refractivity contribution in [2.24, 2.45) is 5.73 Å². The second kappa shape index (κ2) is 8.82. The summed E-state index contributed by atoms with van der Waals surface area (Å²) < 4.78 is 28.1. The van der Waals surface area contributed by atoms with Crippen LogP contribution in [0.25, 0.3) is 0 Å². The Kier molecular flexibility index (Phi) is 6.76. The van der Waals surface area contributed by atoms with Crippen molar-refractivity contribution in [1.29, 1.82) is 0 Å². The number of nitrogens with two attached hydrogens (primary N) is 1. The van der Waals surface area contributed by atoms with Crippen molar-refractivity contribution >= 4 is 21.6 Å². The Morgan fingerprint density at radius 1 is 1.08 bits per heavy atom. The summed E-state index contributed by atoms with van der Waals surface area (Å²) in [5.41, 5.74) is 7.75. The van der Waals surface area contributed by atoms with Gasteiger partial charge in [0.25, 0.3) is 15.9 Å². The summed E-state index contributed by atoms with van der Waals surface area (Å²) in [7, 11) is -3.79. The van der Waals surface area contributed by atoms with E-state index in [9.17, 15) is 13.2 Å². The molecule has 0 aromatic heterocycles. The van der Waals surface area contributed by atoms with Crippen LogP contribution in [0.5, 0.6) is 0 Å². The van der Waals surface area contributed by atoms with Gasteiger partial charge in [0, 0.05) is 17.8 Å². The van der Waals surface area contributed by atoms with Crippen LogP contribution >= 0.6 is 0 Å². The first kappa shape index (κ1) is 19.9. The second-order valence-electron chi connectivity index (χ2n) is 6.21. The molecule has 0 aliphatic carbocycles. The number of aryl methyl sites for hydroxylation is 2. The molecule has 140 valence electrons. The van der Waals surface area contributed by atoms with Crippen molar-refractivity contribution in [3.8, 4) is 0 Å². The van der Waals surface area contributed by atoms with Gasteiger partial charge in [0.05, 0.1) is 4.90 Å². The molecule has 2 rings (SSSR count). The number of carbonyl (C=O) groups excluding carboxylic acids is 1. The number of carbonyl (C=O) groups is 1. The lowest BCUT2D eigenvalue weighted by Crippen LogP contribution is -2.25. The molecule has 1 amide bonds. The minimum Gasteiger partial charge on any atom is -0.352 e. The van der Waals surface area contributed by atoms with Gasteiger partial charge in [0.2, 0.25) is 0 Å². The molecular weight excluding hydrogens is 350 g/mol. The monoisotopic (exact) mass is 375 g/mol. The fraction of sp³-hybridized carbons (Fsp3) is 0.316. The van der Waals surface area contributed by atoms with E-state index in [1.807, 2.05) is 13.0 Å². The first-order valence-electron chi connectivity index (χ1n) is 8.52. The van der Waals surface area contributed by atoms with E-state index in [4.69, 9.17) is 5.73 Å². The molecule has 0 fully saturated rings. The minimum absolute atomic E-state index is 0.0913. The van der Waals surface area contributed by atoms with Gasteiger partial charge in [-0.2, -0.15) is 0 Å². The van der Waals surface area contributed by atoms with Gasteiger partial charge in [-0.25, -0.2) is 8.42 Å². The van der Waals surface area contributed by atoms with Crippen molar-refractivity contribution in [3.05, 3.63) is 59.2 Å². The molecule has 0 saturated heterocycles. The van der Waals surface area contributed by atoms with E-state index in [0.29, 0.717) is 29.9 Å². The summed E-state index contributed by atoms with van der Waals surface area (Å²) in [4.78, 5) is 12.3. The molecule has 0 unspecified atom stereocenters. The number of sulfonamides is 1. The predicted molar refractivity (Wildman–Crippen MR) is 104 cm³/mol. The summed E-state index contributed by atoms with van der Waals surface area (Å²) in [5.74, 6) is -0.297. The van der Waals surface area contributed by atoms with Gasteiger partial charge in [0.1, 0.15) is 0 Å². The van der Waals surface area contributed by atoms with Gasteiger partial charge in [0.15, 0.2) is 0 Å². The first-order chi connectivity index (χ1) is 12.3. The summed E-state index contributed by atoms with van der Waals surface area (Å²) >= 11 is 0. The van der Waals surface area contributed by atoms with E-state index in [-0.39, 0.29) is 10.8 Å². The fourth-order valence-electron chi connectivity index (χ4n) is 2.52. The average Bonchev–Trinajstić information content (AvgIpc) is 2.58. The normalized spacial score (nSPS) is 11.2. The highest BCUT2D eigenvalue weighted by atomic mass is 32.2. The summed E-state index contributed by atoms with van der Waals surface area (Å²) in [6, 6.07) is 11.8. The third kappa shape index (κ3) is 5.31. The number of rotatable bonds is 8. The Balaban J connectivity index is 2.21. The Labute approximate surface area is 154 Å². The molecule has 0 radical (unpaired) electrons. The third-order valence-corrected chi connectivity index (χ3v) is 5.45. The van der Waals surface area contributed by atoms with Gasteiger partial charge in [-0.15, -0.1) is 0 Å². The molecule has 0 atom stereocenters. The highest BCUT2D eigenvalue weighted by Crippen LogP contribution is 2.21. The number of anilines is 1. The molecule has 0 aliphatic heterocycles. The van der Waals surface area contributed by atoms with E-state index < -0.39 is 10.0 Å². The number of amides is 1. The number of hydrogen-bond donors (Lipinski definition) is 3. The van der Waals surface area contributed by atoms with E-state index in [1.165, 1.54) is 6.07 Å². The van der Waals surface area contributed by atoms with Crippen LogP contribution in [-0.4, -0.2) is 27.4 Å². The summed E-state index contributed by atoms with van der Waals surface area (Å²) in [6.45, 7) is 4.67. The van der Waals surface area contributed by atoms with Crippen LogP contribution in [0.3, 0.4) is 0 Å². The predicted octanol–water partition coefficient (Wildman–Crippen LogP) is 2.57. The minimum atomic E-state index is -3.79. The molecule has 0 aliphatic rings. The zero-order valence-electron chi connectivity index (χ0n) is 15.1. The largest absolute Gasteiger partial charge is 0.352 e. The lowest BCUT2D eigenvalue weighted by atomic mass is 10.1. The average molecular weight is 375 g/mol. The summed E-state index contributed by atoms with van der Waals surface area (Å²) in [5, 5.41) is 2.78. The smallest absolute Gasteiger partial charge is 0.262 e. The van der Waals surface area contributed by atoms with Crippen molar-refractivity contribution in [2.75, 3.05) is 17.8 Å². The van der Waals surface area contributed by atoms with Crippen molar-refractivity contribution in [3.63, 3.8) is 0 Å². The highest BCUT2D eigenvalue weighted by Gasteiger charge is 2.19. The van der Waals surface area contributed by atoms with Gasteiger partial charge in [-0.3, -0.25) is 9.52 Å². The molecule has 2 aromatic rings.